The number of aromatic amines is 1. The summed E-state index contributed by atoms with van der Waals surface area (Å²) in [5.41, 5.74) is 4.39. The smallest absolute Gasteiger partial charge is 0.171 e. The van der Waals surface area contributed by atoms with E-state index in [4.69, 9.17) is 0 Å². The van der Waals surface area contributed by atoms with Gasteiger partial charge in [0.25, 0.3) is 0 Å². The van der Waals surface area contributed by atoms with Gasteiger partial charge >= 0.3 is 0 Å². The van der Waals surface area contributed by atoms with Crippen molar-refractivity contribution in [2.24, 2.45) is 0 Å². The molecule has 0 amide bonds. The fraction of sp³-hybridized carbons (Fsp3) is 0.0952. The number of benzene rings is 1. The summed E-state index contributed by atoms with van der Waals surface area (Å²) in [7, 11) is 0. The van der Waals surface area contributed by atoms with Crippen molar-refractivity contribution >= 4 is 45.0 Å². The molecule has 0 saturated carbocycles. The van der Waals surface area contributed by atoms with Crippen molar-refractivity contribution in [1.82, 2.24) is 24.6 Å². The maximum Gasteiger partial charge on any atom is 0.171 e. The molecule has 6 nitrogen and oxygen atoms in total. The number of anilines is 1. The summed E-state index contributed by atoms with van der Waals surface area (Å²) in [4.78, 5) is 11.9. The standard InChI is InChI=1S/C21H16FIN6/c22-15-7-14(9-24-11-15)19-8-20(29-21(28-19)17(23)12-27-29)25-6-5-13-10-26-18-4-2-1-3-16(13)18/h1-4,7-12,25-26H,5-6H2. The molecule has 0 radical (unpaired) electrons. The van der Waals surface area contributed by atoms with Crippen LogP contribution in [0.1, 0.15) is 5.56 Å². The first-order valence-corrected chi connectivity index (χ1v) is 10.2. The second kappa shape index (κ2) is 7.43. The van der Waals surface area contributed by atoms with Crippen molar-refractivity contribution in [3.63, 3.8) is 0 Å². The Bertz CT molecular complexity index is 1330. The lowest BCUT2D eigenvalue weighted by atomic mass is 10.1. The highest BCUT2D eigenvalue weighted by molar-refractivity contribution is 14.1. The zero-order chi connectivity index (χ0) is 19.8. The number of hydrogen-bond acceptors (Lipinski definition) is 4. The zero-order valence-corrected chi connectivity index (χ0v) is 17.4. The van der Waals surface area contributed by atoms with Crippen LogP contribution < -0.4 is 5.32 Å². The van der Waals surface area contributed by atoms with Crippen molar-refractivity contribution in [2.45, 2.75) is 6.42 Å². The number of halogens is 2. The van der Waals surface area contributed by atoms with Crippen LogP contribution >= 0.6 is 22.6 Å². The third kappa shape index (κ3) is 3.44. The second-order valence-electron chi connectivity index (χ2n) is 6.68. The minimum Gasteiger partial charge on any atom is -0.370 e. The van der Waals surface area contributed by atoms with Gasteiger partial charge in [0.05, 0.1) is 21.7 Å². The molecule has 4 aromatic heterocycles. The quantitative estimate of drug-likeness (QED) is 0.346. The fourth-order valence-corrected chi connectivity index (χ4v) is 3.90. The molecule has 0 spiro atoms. The molecule has 0 unspecified atom stereocenters. The first-order chi connectivity index (χ1) is 14.2. The van der Waals surface area contributed by atoms with Crippen molar-refractivity contribution in [2.75, 3.05) is 11.9 Å². The molecule has 0 aliphatic carbocycles. The lowest BCUT2D eigenvalue weighted by molar-refractivity contribution is 0.622. The average Bonchev–Trinajstić information content (AvgIpc) is 3.32. The molecular formula is C21H16FIN6. The minimum absolute atomic E-state index is 0.388. The molecule has 0 fully saturated rings. The van der Waals surface area contributed by atoms with Gasteiger partial charge in [-0.15, -0.1) is 0 Å². The number of fused-ring (bicyclic) bond motifs is 2. The van der Waals surface area contributed by atoms with E-state index in [0.29, 0.717) is 11.3 Å². The molecule has 0 atom stereocenters. The van der Waals surface area contributed by atoms with Gasteiger partial charge in [-0.3, -0.25) is 4.98 Å². The lowest BCUT2D eigenvalue weighted by Gasteiger charge is -2.11. The second-order valence-corrected chi connectivity index (χ2v) is 7.84. The van der Waals surface area contributed by atoms with Crippen LogP contribution in [0.15, 0.2) is 61.2 Å². The molecular weight excluding hydrogens is 482 g/mol. The minimum atomic E-state index is -0.388. The highest BCUT2D eigenvalue weighted by Crippen LogP contribution is 2.25. The Morgan fingerprint density at radius 1 is 1.14 bits per heavy atom. The normalized spacial score (nSPS) is 11.4. The molecule has 0 aliphatic heterocycles. The van der Waals surface area contributed by atoms with E-state index in [-0.39, 0.29) is 5.82 Å². The number of H-pyrrole nitrogens is 1. The van der Waals surface area contributed by atoms with Gasteiger partial charge in [-0.05, 0) is 46.7 Å². The van der Waals surface area contributed by atoms with E-state index in [0.717, 1.165) is 33.5 Å². The molecule has 1 aromatic carbocycles. The first kappa shape index (κ1) is 18.0. The third-order valence-electron chi connectivity index (χ3n) is 4.80. The molecule has 144 valence electrons. The van der Waals surface area contributed by atoms with Gasteiger partial charge in [-0.1, -0.05) is 18.2 Å². The predicted molar refractivity (Wildman–Crippen MR) is 119 cm³/mol. The Labute approximate surface area is 179 Å². The topological polar surface area (TPSA) is 70.9 Å². The predicted octanol–water partition coefficient (Wildman–Crippen LogP) is 4.67. The van der Waals surface area contributed by atoms with E-state index in [1.807, 2.05) is 18.2 Å². The molecule has 0 bridgehead atoms. The van der Waals surface area contributed by atoms with Crippen LogP contribution in [0, 0.1) is 9.39 Å². The maximum atomic E-state index is 13.6. The van der Waals surface area contributed by atoms with Gasteiger partial charge in [0.15, 0.2) is 5.65 Å². The van der Waals surface area contributed by atoms with E-state index in [9.17, 15) is 4.39 Å². The number of hydrogen-bond donors (Lipinski definition) is 2. The third-order valence-corrected chi connectivity index (χ3v) is 5.57. The molecule has 29 heavy (non-hydrogen) atoms. The van der Waals surface area contributed by atoms with E-state index >= 15 is 0 Å². The van der Waals surface area contributed by atoms with Crippen molar-refractivity contribution in [3.05, 3.63) is 76.1 Å². The zero-order valence-electron chi connectivity index (χ0n) is 15.2. The van der Waals surface area contributed by atoms with Crippen molar-refractivity contribution in [1.29, 1.82) is 0 Å². The number of para-hydroxylation sites is 1. The Kier molecular flexibility index (Phi) is 4.62. The monoisotopic (exact) mass is 498 g/mol. The fourth-order valence-electron chi connectivity index (χ4n) is 3.43. The van der Waals surface area contributed by atoms with Gasteiger partial charge in [0, 0.05) is 41.5 Å². The van der Waals surface area contributed by atoms with Gasteiger partial charge in [-0.2, -0.15) is 9.61 Å². The molecule has 5 aromatic rings. The number of nitrogens with zero attached hydrogens (tertiary/aromatic N) is 4. The summed E-state index contributed by atoms with van der Waals surface area (Å²) in [6.07, 6.45) is 7.46. The van der Waals surface area contributed by atoms with E-state index in [1.165, 1.54) is 23.2 Å². The highest BCUT2D eigenvalue weighted by atomic mass is 127. The SMILES string of the molecule is Fc1cncc(-c2cc(NCCc3c[nH]c4ccccc34)n3ncc(I)c3n2)c1. The van der Waals surface area contributed by atoms with E-state index in [2.05, 4.69) is 66.3 Å². The average molecular weight is 498 g/mol. The molecule has 0 saturated heterocycles. The van der Waals surface area contributed by atoms with Crippen molar-refractivity contribution in [3.8, 4) is 11.3 Å². The summed E-state index contributed by atoms with van der Waals surface area (Å²) in [6, 6.07) is 11.6. The van der Waals surface area contributed by atoms with Crippen LogP contribution in [0.4, 0.5) is 10.2 Å². The van der Waals surface area contributed by atoms with E-state index < -0.39 is 0 Å². The van der Waals surface area contributed by atoms with E-state index in [1.54, 1.807) is 16.9 Å². The Hall–Kier alpha value is -3.01. The van der Waals surface area contributed by atoms with Crippen molar-refractivity contribution < 1.29 is 4.39 Å². The molecule has 0 aliphatic rings. The number of aromatic nitrogens is 5. The number of pyridine rings is 1. The van der Waals surface area contributed by atoms with Crippen LogP contribution in [-0.4, -0.2) is 31.1 Å². The molecule has 8 heteroatoms. The summed E-state index contributed by atoms with van der Waals surface area (Å²) < 4.78 is 16.3. The van der Waals surface area contributed by atoms with Crippen LogP contribution in [-0.2, 0) is 6.42 Å². The number of rotatable bonds is 5. The lowest BCUT2D eigenvalue weighted by Crippen LogP contribution is -2.10. The van der Waals surface area contributed by atoms with Gasteiger partial charge in [-0.25, -0.2) is 9.37 Å². The van der Waals surface area contributed by atoms with Crippen LogP contribution in [0.3, 0.4) is 0 Å². The summed E-state index contributed by atoms with van der Waals surface area (Å²) >= 11 is 2.20. The summed E-state index contributed by atoms with van der Waals surface area (Å²) in [6.45, 7) is 0.720. The first-order valence-electron chi connectivity index (χ1n) is 9.13. The molecule has 4 heterocycles. The van der Waals surface area contributed by atoms with Gasteiger partial charge < -0.3 is 10.3 Å². The Balaban J connectivity index is 1.46. The van der Waals surface area contributed by atoms with Gasteiger partial charge in [0.2, 0.25) is 0 Å². The molecule has 2 N–H and O–H groups in total. The largest absolute Gasteiger partial charge is 0.370 e. The maximum absolute atomic E-state index is 13.6. The Morgan fingerprint density at radius 3 is 2.93 bits per heavy atom. The van der Waals surface area contributed by atoms with Crippen LogP contribution in [0.2, 0.25) is 0 Å². The summed E-state index contributed by atoms with van der Waals surface area (Å²) in [5.74, 6) is 0.415. The Morgan fingerprint density at radius 2 is 2.03 bits per heavy atom. The summed E-state index contributed by atoms with van der Waals surface area (Å²) in [5, 5.41) is 9.11. The van der Waals surface area contributed by atoms with Crippen LogP contribution in [0.25, 0.3) is 27.8 Å². The van der Waals surface area contributed by atoms with Crippen LogP contribution in [0.5, 0.6) is 0 Å². The van der Waals surface area contributed by atoms with Gasteiger partial charge in [0.1, 0.15) is 11.6 Å². The number of nitrogens with one attached hydrogen (secondary N) is 2. The molecule has 5 rings (SSSR count). The highest BCUT2D eigenvalue weighted by Gasteiger charge is 2.12.